The van der Waals surface area contributed by atoms with E-state index >= 15 is 0 Å². The van der Waals surface area contributed by atoms with Crippen LogP contribution in [0.1, 0.15) is 24.1 Å². The molecule has 0 saturated carbocycles. The standard InChI is InChI=1S/C16H16BrCl2NO/c1-3-20-16(15-12(18)5-4-6-13(15)19)11-9-10(17)7-8-14(11)21-2/h4-9,16,20H,3H2,1-2H3. The van der Waals surface area contributed by atoms with Crippen LogP contribution in [0.25, 0.3) is 0 Å². The van der Waals surface area contributed by atoms with E-state index in [0.29, 0.717) is 10.0 Å². The maximum absolute atomic E-state index is 6.37. The lowest BCUT2D eigenvalue weighted by Gasteiger charge is -2.23. The van der Waals surface area contributed by atoms with Gasteiger partial charge in [0.05, 0.1) is 13.2 Å². The molecule has 1 N–H and O–H groups in total. The maximum Gasteiger partial charge on any atom is 0.124 e. The number of benzene rings is 2. The zero-order valence-electron chi connectivity index (χ0n) is 11.8. The summed E-state index contributed by atoms with van der Waals surface area (Å²) in [6.07, 6.45) is 0. The summed E-state index contributed by atoms with van der Waals surface area (Å²) in [5.74, 6) is 0.792. The van der Waals surface area contributed by atoms with Crippen LogP contribution in [0.3, 0.4) is 0 Å². The molecule has 5 heteroatoms. The first-order chi connectivity index (χ1) is 10.1. The van der Waals surface area contributed by atoms with Crippen molar-refractivity contribution in [2.24, 2.45) is 0 Å². The van der Waals surface area contributed by atoms with Gasteiger partial charge in [-0.25, -0.2) is 0 Å². The highest BCUT2D eigenvalue weighted by molar-refractivity contribution is 9.10. The summed E-state index contributed by atoms with van der Waals surface area (Å²) in [5.41, 5.74) is 1.85. The lowest BCUT2D eigenvalue weighted by Crippen LogP contribution is -2.23. The summed E-state index contributed by atoms with van der Waals surface area (Å²) < 4.78 is 6.46. The first-order valence-corrected chi connectivity index (χ1v) is 8.14. The van der Waals surface area contributed by atoms with Gasteiger partial charge in [-0.15, -0.1) is 0 Å². The topological polar surface area (TPSA) is 21.3 Å². The van der Waals surface area contributed by atoms with E-state index < -0.39 is 0 Å². The molecular formula is C16H16BrCl2NO. The van der Waals surface area contributed by atoms with Crippen molar-refractivity contribution in [3.63, 3.8) is 0 Å². The summed E-state index contributed by atoms with van der Waals surface area (Å²) in [5, 5.41) is 4.70. The van der Waals surface area contributed by atoms with Crippen LogP contribution >= 0.6 is 39.1 Å². The molecule has 2 rings (SSSR count). The van der Waals surface area contributed by atoms with Gasteiger partial charge in [-0.2, -0.15) is 0 Å². The second kappa shape index (κ2) is 7.50. The van der Waals surface area contributed by atoms with E-state index in [1.807, 2.05) is 43.3 Å². The molecule has 0 aliphatic rings. The summed E-state index contributed by atoms with van der Waals surface area (Å²) in [7, 11) is 1.66. The number of hydrogen-bond acceptors (Lipinski definition) is 2. The van der Waals surface area contributed by atoms with Crippen molar-refractivity contribution in [2.45, 2.75) is 13.0 Å². The number of halogens is 3. The molecule has 1 atom stereocenters. The molecule has 0 fully saturated rings. The molecule has 0 aliphatic carbocycles. The smallest absolute Gasteiger partial charge is 0.124 e. The molecule has 0 aromatic heterocycles. The molecule has 0 aliphatic heterocycles. The van der Waals surface area contributed by atoms with Crippen molar-refractivity contribution in [1.82, 2.24) is 5.32 Å². The molecule has 0 amide bonds. The van der Waals surface area contributed by atoms with E-state index in [2.05, 4.69) is 21.2 Å². The number of methoxy groups -OCH3 is 1. The summed E-state index contributed by atoms with van der Waals surface area (Å²) in [4.78, 5) is 0. The average Bonchev–Trinajstić information content (AvgIpc) is 2.46. The Bertz CT molecular complexity index is 613. The Labute approximate surface area is 143 Å². The fourth-order valence-electron chi connectivity index (χ4n) is 2.29. The van der Waals surface area contributed by atoms with Gasteiger partial charge in [-0.3, -0.25) is 0 Å². The van der Waals surface area contributed by atoms with Crippen molar-refractivity contribution in [2.75, 3.05) is 13.7 Å². The number of rotatable bonds is 5. The Morgan fingerprint density at radius 3 is 2.43 bits per heavy atom. The minimum Gasteiger partial charge on any atom is -0.496 e. The summed E-state index contributed by atoms with van der Waals surface area (Å²) >= 11 is 16.2. The SMILES string of the molecule is CCNC(c1cc(Br)ccc1OC)c1c(Cl)cccc1Cl. The van der Waals surface area contributed by atoms with Gasteiger partial charge in [0, 0.05) is 25.6 Å². The van der Waals surface area contributed by atoms with E-state index in [0.717, 1.165) is 27.9 Å². The van der Waals surface area contributed by atoms with Gasteiger partial charge in [-0.05, 0) is 36.9 Å². The van der Waals surface area contributed by atoms with Gasteiger partial charge in [-0.1, -0.05) is 52.1 Å². The molecule has 2 nitrogen and oxygen atoms in total. The Balaban J connectivity index is 2.61. The lowest BCUT2D eigenvalue weighted by molar-refractivity contribution is 0.404. The van der Waals surface area contributed by atoms with Crippen LogP contribution in [0.15, 0.2) is 40.9 Å². The second-order valence-corrected chi connectivity index (χ2v) is 6.24. The van der Waals surface area contributed by atoms with Gasteiger partial charge in [0.25, 0.3) is 0 Å². The first kappa shape index (κ1) is 16.6. The van der Waals surface area contributed by atoms with Crippen molar-refractivity contribution in [1.29, 1.82) is 0 Å². The van der Waals surface area contributed by atoms with Crippen LogP contribution in [-0.2, 0) is 0 Å². The minimum absolute atomic E-state index is 0.136. The van der Waals surface area contributed by atoms with E-state index in [1.165, 1.54) is 0 Å². The van der Waals surface area contributed by atoms with E-state index in [-0.39, 0.29) is 6.04 Å². The summed E-state index contributed by atoms with van der Waals surface area (Å²) in [6.45, 7) is 2.82. The van der Waals surface area contributed by atoms with E-state index in [4.69, 9.17) is 27.9 Å². The third-order valence-electron chi connectivity index (χ3n) is 3.20. The first-order valence-electron chi connectivity index (χ1n) is 6.59. The third kappa shape index (κ3) is 3.72. The van der Waals surface area contributed by atoms with Gasteiger partial charge >= 0.3 is 0 Å². The Morgan fingerprint density at radius 1 is 1.19 bits per heavy atom. The Hall–Kier alpha value is -0.740. The van der Waals surface area contributed by atoms with Crippen LogP contribution < -0.4 is 10.1 Å². The third-order valence-corrected chi connectivity index (χ3v) is 4.35. The molecule has 2 aromatic carbocycles. The molecule has 0 saturated heterocycles. The molecule has 21 heavy (non-hydrogen) atoms. The molecule has 0 radical (unpaired) electrons. The van der Waals surface area contributed by atoms with Crippen LogP contribution in [-0.4, -0.2) is 13.7 Å². The van der Waals surface area contributed by atoms with E-state index in [9.17, 15) is 0 Å². The fraction of sp³-hybridized carbons (Fsp3) is 0.250. The minimum atomic E-state index is -0.136. The Morgan fingerprint density at radius 2 is 1.86 bits per heavy atom. The van der Waals surface area contributed by atoms with Crippen LogP contribution in [0, 0.1) is 0 Å². The second-order valence-electron chi connectivity index (χ2n) is 4.51. The molecule has 0 bridgehead atoms. The predicted octanol–water partition coefficient (Wildman–Crippen LogP) is 5.46. The monoisotopic (exact) mass is 387 g/mol. The fourth-order valence-corrected chi connectivity index (χ4v) is 3.28. The summed E-state index contributed by atoms with van der Waals surface area (Å²) in [6, 6.07) is 11.3. The molecule has 112 valence electrons. The van der Waals surface area contributed by atoms with Gasteiger partial charge < -0.3 is 10.1 Å². The molecular weight excluding hydrogens is 373 g/mol. The lowest BCUT2D eigenvalue weighted by atomic mass is 9.97. The van der Waals surface area contributed by atoms with Crippen molar-refractivity contribution < 1.29 is 4.74 Å². The van der Waals surface area contributed by atoms with E-state index in [1.54, 1.807) is 7.11 Å². The largest absolute Gasteiger partial charge is 0.496 e. The highest BCUT2D eigenvalue weighted by Crippen LogP contribution is 2.38. The zero-order chi connectivity index (χ0) is 15.4. The van der Waals surface area contributed by atoms with Crippen LogP contribution in [0.5, 0.6) is 5.75 Å². The molecule has 2 aromatic rings. The van der Waals surface area contributed by atoms with Crippen LogP contribution in [0.4, 0.5) is 0 Å². The highest BCUT2D eigenvalue weighted by Gasteiger charge is 2.22. The Kier molecular flexibility index (Phi) is 5.94. The van der Waals surface area contributed by atoms with Crippen molar-refractivity contribution in [3.05, 3.63) is 62.0 Å². The van der Waals surface area contributed by atoms with Crippen molar-refractivity contribution >= 4 is 39.1 Å². The highest BCUT2D eigenvalue weighted by atomic mass is 79.9. The number of hydrogen-bond donors (Lipinski definition) is 1. The quantitative estimate of drug-likeness (QED) is 0.733. The molecule has 0 heterocycles. The number of ether oxygens (including phenoxy) is 1. The zero-order valence-corrected chi connectivity index (χ0v) is 14.9. The van der Waals surface area contributed by atoms with Gasteiger partial charge in [0.1, 0.15) is 5.75 Å². The van der Waals surface area contributed by atoms with Gasteiger partial charge in [0.15, 0.2) is 0 Å². The average molecular weight is 389 g/mol. The van der Waals surface area contributed by atoms with Crippen molar-refractivity contribution in [3.8, 4) is 5.75 Å². The molecule has 0 spiro atoms. The van der Waals surface area contributed by atoms with Gasteiger partial charge in [0.2, 0.25) is 0 Å². The molecule has 1 unspecified atom stereocenters. The predicted molar refractivity (Wildman–Crippen MR) is 92.7 cm³/mol. The normalized spacial score (nSPS) is 12.2. The number of nitrogens with one attached hydrogen (secondary N) is 1. The maximum atomic E-state index is 6.37. The van der Waals surface area contributed by atoms with Crippen LogP contribution in [0.2, 0.25) is 10.0 Å².